The number of benzene rings is 2. The first-order chi connectivity index (χ1) is 10.1. The predicted molar refractivity (Wildman–Crippen MR) is 84.4 cm³/mol. The first-order valence-corrected chi connectivity index (χ1v) is 7.39. The summed E-state index contributed by atoms with van der Waals surface area (Å²) in [5, 5.41) is 4.11. The van der Waals surface area contributed by atoms with Crippen molar-refractivity contribution in [3.63, 3.8) is 0 Å². The Hall–Kier alpha value is -1.84. The Morgan fingerprint density at radius 2 is 1.86 bits per heavy atom. The zero-order valence-electron chi connectivity index (χ0n) is 11.6. The van der Waals surface area contributed by atoms with Crippen LogP contribution in [0.15, 0.2) is 42.5 Å². The highest BCUT2D eigenvalue weighted by atomic mass is 35.5. The number of hydrogen-bond donors (Lipinski definition) is 2. The van der Waals surface area contributed by atoms with Gasteiger partial charge in [0.25, 0.3) is 0 Å². The van der Waals surface area contributed by atoms with Crippen molar-refractivity contribution in [2.45, 2.75) is 25.4 Å². The number of rotatable bonds is 4. The van der Waals surface area contributed by atoms with Gasteiger partial charge in [0, 0.05) is 23.2 Å². The molecule has 4 heteroatoms. The van der Waals surface area contributed by atoms with E-state index in [9.17, 15) is 4.79 Å². The van der Waals surface area contributed by atoms with Gasteiger partial charge in [0.05, 0.1) is 0 Å². The summed E-state index contributed by atoms with van der Waals surface area (Å²) in [4.78, 5) is 11.1. The van der Waals surface area contributed by atoms with Crippen LogP contribution in [-0.4, -0.2) is 11.9 Å². The van der Waals surface area contributed by atoms with E-state index >= 15 is 0 Å². The average Bonchev–Trinajstić information content (AvgIpc) is 2.88. The van der Waals surface area contributed by atoms with Gasteiger partial charge < -0.3 is 11.1 Å². The summed E-state index contributed by atoms with van der Waals surface area (Å²) in [5.74, 6) is -0.456. The van der Waals surface area contributed by atoms with E-state index in [0.717, 1.165) is 18.4 Å². The number of fused-ring (bicyclic) bond motifs is 1. The van der Waals surface area contributed by atoms with E-state index in [1.165, 1.54) is 11.1 Å². The largest absolute Gasteiger partial charge is 0.366 e. The third-order valence-electron chi connectivity index (χ3n) is 3.97. The van der Waals surface area contributed by atoms with Gasteiger partial charge in [-0.1, -0.05) is 41.9 Å². The summed E-state index contributed by atoms with van der Waals surface area (Å²) >= 11 is 6.20. The van der Waals surface area contributed by atoms with Crippen molar-refractivity contribution >= 4 is 17.5 Å². The van der Waals surface area contributed by atoms with E-state index in [1.54, 1.807) is 12.1 Å². The van der Waals surface area contributed by atoms with Crippen LogP contribution in [0.1, 0.15) is 27.0 Å². The molecule has 0 bridgehead atoms. The summed E-state index contributed by atoms with van der Waals surface area (Å²) in [7, 11) is 0. The van der Waals surface area contributed by atoms with Crippen molar-refractivity contribution in [1.29, 1.82) is 0 Å². The molecule has 0 heterocycles. The first kappa shape index (κ1) is 14.1. The fourth-order valence-electron chi connectivity index (χ4n) is 2.80. The van der Waals surface area contributed by atoms with Gasteiger partial charge >= 0.3 is 0 Å². The molecule has 3 nitrogen and oxygen atoms in total. The van der Waals surface area contributed by atoms with Crippen LogP contribution in [0.3, 0.4) is 0 Å². The van der Waals surface area contributed by atoms with Gasteiger partial charge in [-0.3, -0.25) is 4.79 Å². The SMILES string of the molecule is NC(=O)c1ccc(CNC2Cc3ccccc3C2)c(Cl)c1. The Balaban J connectivity index is 1.63. The molecule has 0 radical (unpaired) electrons. The minimum atomic E-state index is -0.456. The van der Waals surface area contributed by atoms with Crippen LogP contribution in [0.4, 0.5) is 0 Å². The van der Waals surface area contributed by atoms with E-state index in [0.29, 0.717) is 23.2 Å². The molecule has 0 aromatic heterocycles. The molecule has 0 saturated carbocycles. The monoisotopic (exact) mass is 300 g/mol. The number of primary amides is 1. The van der Waals surface area contributed by atoms with Gasteiger partial charge in [0.1, 0.15) is 0 Å². The fraction of sp³-hybridized carbons (Fsp3) is 0.235. The standard InChI is InChI=1S/C17H17ClN2O/c18-16-9-13(17(19)21)5-6-14(16)10-20-15-7-11-3-1-2-4-12(11)8-15/h1-6,9,15,20H,7-8,10H2,(H2,19,21). The van der Waals surface area contributed by atoms with Crippen LogP contribution < -0.4 is 11.1 Å². The van der Waals surface area contributed by atoms with E-state index in [4.69, 9.17) is 17.3 Å². The molecule has 1 aliphatic rings. The van der Waals surface area contributed by atoms with Gasteiger partial charge in [-0.25, -0.2) is 0 Å². The normalized spacial score (nSPS) is 14.1. The van der Waals surface area contributed by atoms with Crippen molar-refractivity contribution in [3.8, 4) is 0 Å². The van der Waals surface area contributed by atoms with Crippen molar-refractivity contribution in [2.75, 3.05) is 0 Å². The first-order valence-electron chi connectivity index (χ1n) is 7.02. The summed E-state index contributed by atoms with van der Waals surface area (Å²) in [6.07, 6.45) is 2.10. The maximum Gasteiger partial charge on any atom is 0.248 e. The third kappa shape index (κ3) is 3.09. The van der Waals surface area contributed by atoms with Gasteiger partial charge in [0.2, 0.25) is 5.91 Å². The number of carbonyl (C=O) groups excluding carboxylic acids is 1. The van der Waals surface area contributed by atoms with Crippen molar-refractivity contribution in [2.24, 2.45) is 5.73 Å². The van der Waals surface area contributed by atoms with Gasteiger partial charge in [0.15, 0.2) is 0 Å². The summed E-state index contributed by atoms with van der Waals surface area (Å²) in [5.41, 5.74) is 9.51. The lowest BCUT2D eigenvalue weighted by atomic mass is 10.1. The molecule has 2 aromatic rings. The van der Waals surface area contributed by atoms with Crippen LogP contribution >= 0.6 is 11.6 Å². The Morgan fingerprint density at radius 1 is 1.19 bits per heavy atom. The van der Waals surface area contributed by atoms with Crippen LogP contribution in [0.5, 0.6) is 0 Å². The number of halogens is 1. The molecule has 0 fully saturated rings. The number of hydrogen-bond acceptors (Lipinski definition) is 2. The smallest absolute Gasteiger partial charge is 0.248 e. The van der Waals surface area contributed by atoms with E-state index in [1.807, 2.05) is 6.07 Å². The summed E-state index contributed by atoms with van der Waals surface area (Å²) in [6, 6.07) is 14.2. The Kier molecular flexibility index (Phi) is 3.95. The van der Waals surface area contributed by atoms with Gasteiger partial charge in [-0.2, -0.15) is 0 Å². The lowest BCUT2D eigenvalue weighted by Crippen LogP contribution is -2.29. The molecule has 21 heavy (non-hydrogen) atoms. The molecule has 0 saturated heterocycles. The fourth-order valence-corrected chi connectivity index (χ4v) is 3.05. The number of nitrogens with two attached hydrogens (primary N) is 1. The molecule has 0 spiro atoms. The molecule has 3 rings (SSSR count). The number of amides is 1. The highest BCUT2D eigenvalue weighted by molar-refractivity contribution is 6.31. The zero-order valence-corrected chi connectivity index (χ0v) is 12.4. The maximum atomic E-state index is 11.1. The molecule has 0 aliphatic heterocycles. The zero-order chi connectivity index (χ0) is 14.8. The quantitative estimate of drug-likeness (QED) is 0.912. The number of nitrogens with one attached hydrogen (secondary N) is 1. The highest BCUT2D eigenvalue weighted by Crippen LogP contribution is 2.23. The van der Waals surface area contributed by atoms with Crippen molar-refractivity contribution in [3.05, 3.63) is 69.7 Å². The van der Waals surface area contributed by atoms with Crippen LogP contribution in [0.2, 0.25) is 5.02 Å². The Labute approximate surface area is 129 Å². The minimum absolute atomic E-state index is 0.439. The second-order valence-corrected chi connectivity index (χ2v) is 5.83. The molecule has 1 aliphatic carbocycles. The van der Waals surface area contributed by atoms with E-state index in [2.05, 4.69) is 29.6 Å². The lowest BCUT2D eigenvalue weighted by Gasteiger charge is -2.13. The molecule has 1 amide bonds. The molecular formula is C17H17ClN2O. The maximum absolute atomic E-state index is 11.1. The predicted octanol–water partition coefficient (Wildman–Crippen LogP) is 2.70. The minimum Gasteiger partial charge on any atom is -0.366 e. The van der Waals surface area contributed by atoms with Gasteiger partial charge in [-0.15, -0.1) is 0 Å². The van der Waals surface area contributed by atoms with E-state index < -0.39 is 5.91 Å². The Morgan fingerprint density at radius 3 is 2.43 bits per heavy atom. The molecule has 0 atom stereocenters. The molecule has 108 valence electrons. The molecular weight excluding hydrogens is 284 g/mol. The second kappa shape index (κ2) is 5.88. The van der Waals surface area contributed by atoms with Crippen molar-refractivity contribution in [1.82, 2.24) is 5.32 Å². The molecule has 0 unspecified atom stereocenters. The van der Waals surface area contributed by atoms with Crippen LogP contribution in [0.25, 0.3) is 0 Å². The third-order valence-corrected chi connectivity index (χ3v) is 4.32. The highest BCUT2D eigenvalue weighted by Gasteiger charge is 2.20. The summed E-state index contributed by atoms with van der Waals surface area (Å²) in [6.45, 7) is 0.691. The van der Waals surface area contributed by atoms with Gasteiger partial charge in [-0.05, 0) is 41.7 Å². The van der Waals surface area contributed by atoms with Crippen LogP contribution in [-0.2, 0) is 19.4 Å². The van der Waals surface area contributed by atoms with E-state index in [-0.39, 0.29) is 0 Å². The average molecular weight is 301 g/mol. The molecule has 2 aromatic carbocycles. The second-order valence-electron chi connectivity index (χ2n) is 5.43. The summed E-state index contributed by atoms with van der Waals surface area (Å²) < 4.78 is 0. The lowest BCUT2D eigenvalue weighted by molar-refractivity contribution is 0.100. The number of carbonyl (C=O) groups is 1. The molecule has 3 N–H and O–H groups in total. The van der Waals surface area contributed by atoms with Crippen molar-refractivity contribution < 1.29 is 4.79 Å². The topological polar surface area (TPSA) is 55.1 Å². The Bertz CT molecular complexity index is 659. The van der Waals surface area contributed by atoms with Crippen LogP contribution in [0, 0.1) is 0 Å².